The zero-order chi connectivity index (χ0) is 12.3. The molecule has 1 amide bonds. The van der Waals surface area contributed by atoms with Crippen molar-refractivity contribution in [2.24, 2.45) is 0 Å². The second-order valence-corrected chi connectivity index (χ2v) is 5.76. The van der Waals surface area contributed by atoms with Gasteiger partial charge in [-0.1, -0.05) is 24.6 Å². The quantitative estimate of drug-likeness (QED) is 0.802. The molecular weight excluding hydrogens is 236 g/mol. The van der Waals surface area contributed by atoms with Crippen molar-refractivity contribution in [1.82, 2.24) is 20.5 Å². The number of H-pyrrole nitrogens is 1. The van der Waals surface area contributed by atoms with E-state index in [0.29, 0.717) is 11.2 Å². The second kappa shape index (κ2) is 5.53. The normalized spacial score (nSPS) is 18.2. The van der Waals surface area contributed by atoms with Crippen LogP contribution in [-0.4, -0.2) is 32.4 Å². The van der Waals surface area contributed by atoms with Gasteiger partial charge in [0.15, 0.2) is 0 Å². The van der Waals surface area contributed by atoms with Crippen LogP contribution in [0.5, 0.6) is 0 Å². The van der Waals surface area contributed by atoms with Crippen LogP contribution in [-0.2, 0) is 4.79 Å². The lowest BCUT2D eigenvalue weighted by atomic mass is 10.2. The molecule has 1 heterocycles. The lowest BCUT2D eigenvalue weighted by Gasteiger charge is -2.15. The summed E-state index contributed by atoms with van der Waals surface area (Å²) in [7, 11) is 0. The first-order chi connectivity index (χ1) is 8.15. The summed E-state index contributed by atoms with van der Waals surface area (Å²) in [5.41, 5.74) is 0. The SMILES string of the molecule is Cc1nc(S[C@H](C)C(=O)NC2CCCC2)n[nH]1. The van der Waals surface area contributed by atoms with Gasteiger partial charge in [0.25, 0.3) is 0 Å². The maximum absolute atomic E-state index is 11.9. The standard InChI is InChI=1S/C11H18N4OS/c1-7(17-11-12-8(2)14-15-11)10(16)13-9-5-3-4-6-9/h7,9H,3-6H2,1-2H3,(H,13,16)(H,12,14,15)/t7-/m1/s1. The Morgan fingerprint density at radius 2 is 2.24 bits per heavy atom. The monoisotopic (exact) mass is 254 g/mol. The number of thioether (sulfide) groups is 1. The molecule has 0 radical (unpaired) electrons. The van der Waals surface area contributed by atoms with Crippen molar-refractivity contribution in [3.05, 3.63) is 5.82 Å². The first kappa shape index (κ1) is 12.4. The predicted molar refractivity (Wildman–Crippen MR) is 66.8 cm³/mol. The third kappa shape index (κ3) is 3.46. The highest BCUT2D eigenvalue weighted by atomic mass is 32.2. The van der Waals surface area contributed by atoms with Crippen LogP contribution in [0.15, 0.2) is 5.16 Å². The Kier molecular flexibility index (Phi) is 4.04. The third-order valence-electron chi connectivity index (χ3n) is 2.93. The number of nitrogens with zero attached hydrogens (tertiary/aromatic N) is 2. The Morgan fingerprint density at radius 1 is 1.53 bits per heavy atom. The summed E-state index contributed by atoms with van der Waals surface area (Å²) in [6.07, 6.45) is 4.69. The van der Waals surface area contributed by atoms with E-state index in [2.05, 4.69) is 20.5 Å². The Balaban J connectivity index is 1.82. The van der Waals surface area contributed by atoms with E-state index in [1.165, 1.54) is 24.6 Å². The molecule has 17 heavy (non-hydrogen) atoms. The molecule has 1 aliphatic rings. The van der Waals surface area contributed by atoms with Gasteiger partial charge < -0.3 is 5.32 Å². The van der Waals surface area contributed by atoms with E-state index >= 15 is 0 Å². The van der Waals surface area contributed by atoms with Crippen LogP contribution < -0.4 is 5.32 Å². The number of rotatable bonds is 4. The number of amides is 1. The summed E-state index contributed by atoms with van der Waals surface area (Å²) in [4.78, 5) is 16.1. The molecule has 1 atom stereocenters. The van der Waals surface area contributed by atoms with Crippen LogP contribution in [0.1, 0.15) is 38.4 Å². The van der Waals surface area contributed by atoms with Crippen LogP contribution in [0.25, 0.3) is 0 Å². The molecule has 0 aromatic carbocycles. The summed E-state index contributed by atoms with van der Waals surface area (Å²) in [5.74, 6) is 0.861. The summed E-state index contributed by atoms with van der Waals surface area (Å²) in [6.45, 7) is 3.74. The zero-order valence-electron chi connectivity index (χ0n) is 10.2. The van der Waals surface area contributed by atoms with E-state index in [1.54, 1.807) is 0 Å². The molecular formula is C11H18N4OS. The number of aromatic amines is 1. The van der Waals surface area contributed by atoms with Crippen molar-refractivity contribution in [3.63, 3.8) is 0 Å². The number of nitrogens with one attached hydrogen (secondary N) is 2. The van der Waals surface area contributed by atoms with Gasteiger partial charge in [-0.25, -0.2) is 4.98 Å². The molecule has 1 aliphatic carbocycles. The fourth-order valence-electron chi connectivity index (χ4n) is 1.98. The van der Waals surface area contributed by atoms with Crippen molar-refractivity contribution in [2.45, 2.75) is 56.0 Å². The van der Waals surface area contributed by atoms with E-state index in [-0.39, 0.29) is 11.2 Å². The summed E-state index contributed by atoms with van der Waals surface area (Å²) < 4.78 is 0. The number of hydrogen-bond acceptors (Lipinski definition) is 4. The number of aromatic nitrogens is 3. The van der Waals surface area contributed by atoms with Crippen molar-refractivity contribution < 1.29 is 4.79 Å². The van der Waals surface area contributed by atoms with Crippen molar-refractivity contribution in [1.29, 1.82) is 0 Å². The van der Waals surface area contributed by atoms with Crippen LogP contribution in [0.3, 0.4) is 0 Å². The van der Waals surface area contributed by atoms with Crippen LogP contribution in [0.4, 0.5) is 0 Å². The molecule has 0 bridgehead atoms. The van der Waals surface area contributed by atoms with E-state index in [9.17, 15) is 4.79 Å². The molecule has 0 saturated heterocycles. The van der Waals surface area contributed by atoms with Gasteiger partial charge >= 0.3 is 0 Å². The number of carbonyl (C=O) groups excluding carboxylic acids is 1. The minimum absolute atomic E-state index is 0.0874. The Labute approximate surface area is 105 Å². The van der Waals surface area contributed by atoms with E-state index in [4.69, 9.17) is 0 Å². The molecule has 2 rings (SSSR count). The van der Waals surface area contributed by atoms with Gasteiger partial charge in [0, 0.05) is 6.04 Å². The van der Waals surface area contributed by atoms with E-state index in [1.807, 2.05) is 13.8 Å². The summed E-state index contributed by atoms with van der Waals surface area (Å²) in [6, 6.07) is 0.374. The van der Waals surface area contributed by atoms with Crippen LogP contribution in [0.2, 0.25) is 0 Å². The largest absolute Gasteiger partial charge is 0.352 e. The molecule has 0 spiro atoms. The fraction of sp³-hybridized carbons (Fsp3) is 0.727. The van der Waals surface area contributed by atoms with Gasteiger partial charge in [0.1, 0.15) is 5.82 Å². The number of aryl methyl sites for hydroxylation is 1. The molecule has 0 unspecified atom stereocenters. The van der Waals surface area contributed by atoms with E-state index in [0.717, 1.165) is 18.7 Å². The smallest absolute Gasteiger partial charge is 0.233 e. The van der Waals surface area contributed by atoms with Crippen molar-refractivity contribution in [2.75, 3.05) is 0 Å². The summed E-state index contributed by atoms with van der Waals surface area (Å²) >= 11 is 1.39. The highest BCUT2D eigenvalue weighted by molar-refractivity contribution is 8.00. The zero-order valence-corrected chi connectivity index (χ0v) is 11.0. The van der Waals surface area contributed by atoms with Gasteiger partial charge in [-0.2, -0.15) is 0 Å². The first-order valence-electron chi connectivity index (χ1n) is 6.01. The Hall–Kier alpha value is -1.04. The van der Waals surface area contributed by atoms with Gasteiger partial charge in [0.05, 0.1) is 5.25 Å². The number of hydrogen-bond donors (Lipinski definition) is 2. The van der Waals surface area contributed by atoms with Crippen molar-refractivity contribution >= 4 is 17.7 Å². The third-order valence-corrected chi connectivity index (χ3v) is 3.89. The Bertz CT molecular complexity index is 387. The van der Waals surface area contributed by atoms with Crippen LogP contribution in [0, 0.1) is 6.92 Å². The number of carbonyl (C=O) groups is 1. The Morgan fingerprint density at radius 3 is 2.82 bits per heavy atom. The predicted octanol–water partition coefficient (Wildman–Crippen LogP) is 1.65. The molecule has 2 N–H and O–H groups in total. The van der Waals surface area contributed by atoms with Gasteiger partial charge in [-0.15, -0.1) is 5.10 Å². The van der Waals surface area contributed by atoms with Gasteiger partial charge in [0.2, 0.25) is 11.1 Å². The molecule has 1 aromatic heterocycles. The molecule has 94 valence electrons. The molecule has 6 heteroatoms. The molecule has 1 aromatic rings. The van der Waals surface area contributed by atoms with Gasteiger partial charge in [-0.3, -0.25) is 9.89 Å². The maximum atomic E-state index is 11.9. The summed E-state index contributed by atoms with van der Waals surface area (Å²) in [5, 5.41) is 10.4. The molecule has 1 saturated carbocycles. The second-order valence-electron chi connectivity index (χ2n) is 4.45. The first-order valence-corrected chi connectivity index (χ1v) is 6.89. The minimum atomic E-state index is -0.147. The minimum Gasteiger partial charge on any atom is -0.352 e. The highest BCUT2D eigenvalue weighted by Gasteiger charge is 2.22. The molecule has 0 aliphatic heterocycles. The topological polar surface area (TPSA) is 70.7 Å². The molecule has 1 fully saturated rings. The lowest BCUT2D eigenvalue weighted by molar-refractivity contribution is -0.120. The van der Waals surface area contributed by atoms with Crippen molar-refractivity contribution in [3.8, 4) is 0 Å². The van der Waals surface area contributed by atoms with Crippen LogP contribution >= 0.6 is 11.8 Å². The maximum Gasteiger partial charge on any atom is 0.233 e. The fourth-order valence-corrected chi connectivity index (χ4v) is 2.75. The molecule has 5 nitrogen and oxygen atoms in total. The highest BCUT2D eigenvalue weighted by Crippen LogP contribution is 2.21. The lowest BCUT2D eigenvalue weighted by Crippen LogP contribution is -2.37. The average Bonchev–Trinajstić information content (AvgIpc) is 2.90. The average molecular weight is 254 g/mol. The van der Waals surface area contributed by atoms with Gasteiger partial charge in [-0.05, 0) is 26.7 Å². The van der Waals surface area contributed by atoms with E-state index < -0.39 is 0 Å².